The molecule has 9 nitrogen and oxygen atoms in total. The molecule has 2 heterocycles. The molecule has 0 bridgehead atoms. The molecule has 1 fully saturated rings. The number of hydrogen-bond donors (Lipinski definition) is 3. The molecule has 1 aliphatic rings. The first-order valence-corrected chi connectivity index (χ1v) is 6.09. The Hall–Kier alpha value is -2.00. The summed E-state index contributed by atoms with van der Waals surface area (Å²) in [4.78, 5) is 24.6. The van der Waals surface area contributed by atoms with E-state index >= 15 is 0 Å². The molecule has 0 radical (unpaired) electrons. The van der Waals surface area contributed by atoms with E-state index in [0.717, 1.165) is 19.5 Å². The first-order valence-electron chi connectivity index (χ1n) is 6.09. The van der Waals surface area contributed by atoms with E-state index < -0.39 is 5.91 Å². The van der Waals surface area contributed by atoms with Gasteiger partial charge in [0.2, 0.25) is 5.91 Å². The predicted octanol–water partition coefficient (Wildman–Crippen LogP) is -2.30. The average molecular weight is 267 g/mol. The first kappa shape index (κ1) is 13.4. The van der Waals surface area contributed by atoms with Crippen molar-refractivity contribution in [3.8, 4) is 0 Å². The Labute approximate surface area is 110 Å². The van der Waals surface area contributed by atoms with Crippen LogP contribution in [0.3, 0.4) is 0 Å². The van der Waals surface area contributed by atoms with Gasteiger partial charge in [-0.25, -0.2) is 5.84 Å². The van der Waals surface area contributed by atoms with Gasteiger partial charge in [0, 0.05) is 19.6 Å². The Balaban J connectivity index is 1.86. The van der Waals surface area contributed by atoms with Crippen molar-refractivity contribution in [3.63, 3.8) is 0 Å². The topological polar surface area (TPSA) is 118 Å². The number of nitrogens with zero attached hydrogens (tertiary/aromatic N) is 4. The van der Waals surface area contributed by atoms with Crippen LogP contribution in [-0.2, 0) is 11.3 Å². The van der Waals surface area contributed by atoms with Gasteiger partial charge in [-0.2, -0.15) is 0 Å². The fourth-order valence-corrected chi connectivity index (χ4v) is 1.89. The molecule has 1 saturated heterocycles. The molecule has 1 aromatic heterocycles. The fraction of sp³-hybridized carbons (Fsp3) is 0.600. The van der Waals surface area contributed by atoms with Gasteiger partial charge in [0.15, 0.2) is 5.69 Å². The largest absolute Gasteiger partial charge is 0.355 e. The maximum atomic E-state index is 11.4. The summed E-state index contributed by atoms with van der Waals surface area (Å²) < 4.78 is 1.56. The normalized spacial score (nSPS) is 16.8. The quantitative estimate of drug-likeness (QED) is 0.321. The molecule has 1 aromatic rings. The Morgan fingerprint density at radius 2 is 2.37 bits per heavy atom. The molecule has 104 valence electrons. The molecule has 0 spiro atoms. The number of carbonyl (C=O) groups excluding carboxylic acids is 2. The lowest BCUT2D eigenvalue weighted by Gasteiger charge is -2.17. The summed E-state index contributed by atoms with van der Waals surface area (Å²) in [7, 11) is 0. The lowest BCUT2D eigenvalue weighted by atomic mass is 10.4. The van der Waals surface area contributed by atoms with Crippen LogP contribution in [-0.4, -0.2) is 57.9 Å². The van der Waals surface area contributed by atoms with E-state index in [9.17, 15) is 9.59 Å². The van der Waals surface area contributed by atoms with Crippen molar-refractivity contribution >= 4 is 11.8 Å². The minimum Gasteiger partial charge on any atom is -0.355 e. The molecule has 1 aliphatic heterocycles. The van der Waals surface area contributed by atoms with Crippen molar-refractivity contribution in [2.45, 2.75) is 13.0 Å². The second-order valence-corrected chi connectivity index (χ2v) is 4.32. The lowest BCUT2D eigenvalue weighted by Crippen LogP contribution is -2.35. The van der Waals surface area contributed by atoms with E-state index in [0.29, 0.717) is 19.6 Å². The zero-order valence-electron chi connectivity index (χ0n) is 10.5. The minimum absolute atomic E-state index is 0.0410. The minimum atomic E-state index is -0.472. The Bertz CT molecular complexity index is 458. The number of hydrogen-bond acceptors (Lipinski definition) is 6. The van der Waals surface area contributed by atoms with Crippen molar-refractivity contribution in [3.05, 3.63) is 11.9 Å². The van der Waals surface area contributed by atoms with Crippen molar-refractivity contribution in [1.29, 1.82) is 0 Å². The highest BCUT2D eigenvalue weighted by atomic mass is 16.2. The zero-order chi connectivity index (χ0) is 13.7. The number of rotatable bonds is 4. The van der Waals surface area contributed by atoms with E-state index in [2.05, 4.69) is 15.6 Å². The van der Waals surface area contributed by atoms with E-state index in [4.69, 9.17) is 5.84 Å². The van der Waals surface area contributed by atoms with E-state index in [-0.39, 0.29) is 11.6 Å². The molecule has 19 heavy (non-hydrogen) atoms. The number of hydrazine groups is 1. The highest BCUT2D eigenvalue weighted by Gasteiger charge is 2.15. The summed E-state index contributed by atoms with van der Waals surface area (Å²) in [6.07, 6.45) is 2.46. The van der Waals surface area contributed by atoms with Crippen LogP contribution in [0.1, 0.15) is 16.9 Å². The average Bonchev–Trinajstić information content (AvgIpc) is 2.79. The molecule has 2 rings (SSSR count). The molecular formula is C10H17N7O2. The Kier molecular flexibility index (Phi) is 4.42. The number of carbonyl (C=O) groups is 2. The zero-order valence-corrected chi connectivity index (χ0v) is 10.5. The maximum absolute atomic E-state index is 11.4. The van der Waals surface area contributed by atoms with Crippen LogP contribution in [0, 0.1) is 0 Å². The monoisotopic (exact) mass is 267 g/mol. The molecule has 9 heteroatoms. The molecule has 0 aliphatic carbocycles. The third-order valence-electron chi connectivity index (χ3n) is 2.89. The number of amides is 2. The fourth-order valence-electron chi connectivity index (χ4n) is 1.89. The van der Waals surface area contributed by atoms with Crippen LogP contribution < -0.4 is 16.6 Å². The molecule has 2 amide bonds. The first-order chi connectivity index (χ1) is 9.19. The number of nitrogens with two attached hydrogens (primary N) is 1. The molecule has 4 N–H and O–H groups in total. The lowest BCUT2D eigenvalue weighted by molar-refractivity contribution is -0.121. The predicted molar refractivity (Wildman–Crippen MR) is 65.7 cm³/mol. The SMILES string of the molecule is NNC(=O)c1cn(CCN2CCCNC(=O)C2)nn1. The standard InChI is InChI=1S/C10H17N7O2/c11-13-10(19)8-6-17(15-14-8)5-4-16-3-1-2-12-9(18)7-16/h6H,1-5,7,11H2,(H,12,18)(H,13,19). The summed E-state index contributed by atoms with van der Waals surface area (Å²) in [5, 5.41) is 10.4. The third kappa shape index (κ3) is 3.73. The van der Waals surface area contributed by atoms with Crippen LogP contribution in [0.25, 0.3) is 0 Å². The summed E-state index contributed by atoms with van der Waals surface area (Å²) in [6.45, 7) is 3.23. The van der Waals surface area contributed by atoms with Crippen LogP contribution in [0.2, 0.25) is 0 Å². The van der Waals surface area contributed by atoms with Gasteiger partial charge in [-0.05, 0) is 6.42 Å². The Morgan fingerprint density at radius 3 is 3.16 bits per heavy atom. The third-order valence-corrected chi connectivity index (χ3v) is 2.89. The summed E-state index contributed by atoms with van der Waals surface area (Å²) >= 11 is 0. The summed E-state index contributed by atoms with van der Waals surface area (Å²) in [5.41, 5.74) is 2.17. The molecular weight excluding hydrogens is 250 g/mol. The van der Waals surface area contributed by atoms with Crippen molar-refractivity contribution < 1.29 is 9.59 Å². The summed E-state index contributed by atoms with van der Waals surface area (Å²) in [6, 6.07) is 0. The number of nitrogens with one attached hydrogen (secondary N) is 2. The molecule has 0 saturated carbocycles. The second-order valence-electron chi connectivity index (χ2n) is 4.32. The van der Waals surface area contributed by atoms with Gasteiger partial charge in [0.25, 0.3) is 5.91 Å². The van der Waals surface area contributed by atoms with Gasteiger partial charge in [0.05, 0.1) is 19.3 Å². The van der Waals surface area contributed by atoms with Gasteiger partial charge < -0.3 is 5.32 Å². The van der Waals surface area contributed by atoms with Gasteiger partial charge in [-0.15, -0.1) is 5.10 Å². The van der Waals surface area contributed by atoms with Gasteiger partial charge >= 0.3 is 0 Å². The van der Waals surface area contributed by atoms with E-state index in [1.165, 1.54) is 6.20 Å². The van der Waals surface area contributed by atoms with Crippen molar-refractivity contribution in [2.24, 2.45) is 5.84 Å². The van der Waals surface area contributed by atoms with E-state index in [1.54, 1.807) is 4.68 Å². The van der Waals surface area contributed by atoms with Crippen LogP contribution in [0.5, 0.6) is 0 Å². The summed E-state index contributed by atoms with van der Waals surface area (Å²) in [5.74, 6) is 4.58. The highest BCUT2D eigenvalue weighted by Crippen LogP contribution is 1.98. The smallest absolute Gasteiger partial charge is 0.287 e. The highest BCUT2D eigenvalue weighted by molar-refractivity contribution is 5.91. The number of aromatic nitrogens is 3. The van der Waals surface area contributed by atoms with Gasteiger partial charge in [-0.3, -0.25) is 24.6 Å². The van der Waals surface area contributed by atoms with Crippen molar-refractivity contribution in [2.75, 3.05) is 26.2 Å². The molecule has 0 unspecified atom stereocenters. The maximum Gasteiger partial charge on any atom is 0.287 e. The van der Waals surface area contributed by atoms with Crippen LogP contribution in [0.4, 0.5) is 0 Å². The van der Waals surface area contributed by atoms with Gasteiger partial charge in [-0.1, -0.05) is 5.21 Å². The molecule has 0 aromatic carbocycles. The molecule has 0 atom stereocenters. The van der Waals surface area contributed by atoms with Crippen LogP contribution in [0.15, 0.2) is 6.20 Å². The van der Waals surface area contributed by atoms with E-state index in [1.807, 2.05) is 10.3 Å². The van der Waals surface area contributed by atoms with Crippen LogP contribution >= 0.6 is 0 Å². The number of nitrogen functional groups attached to an aromatic ring is 1. The Morgan fingerprint density at radius 1 is 1.53 bits per heavy atom. The van der Waals surface area contributed by atoms with Crippen molar-refractivity contribution in [1.82, 2.24) is 30.6 Å². The van der Waals surface area contributed by atoms with Gasteiger partial charge in [0.1, 0.15) is 0 Å². The second kappa shape index (κ2) is 6.25.